The predicted molar refractivity (Wildman–Crippen MR) is 104 cm³/mol. The van der Waals surface area contributed by atoms with E-state index in [2.05, 4.69) is 0 Å². The summed E-state index contributed by atoms with van der Waals surface area (Å²) in [7, 11) is 1.60. The Hall–Kier alpha value is -2.44. The molecule has 3 aromatic rings. The van der Waals surface area contributed by atoms with Crippen LogP contribution < -0.4 is 20.9 Å². The van der Waals surface area contributed by atoms with Gasteiger partial charge in [-0.05, 0) is 49.2 Å². The van der Waals surface area contributed by atoms with Crippen LogP contribution in [0.4, 0.5) is 0 Å². The van der Waals surface area contributed by atoms with Crippen molar-refractivity contribution in [3.05, 3.63) is 67.4 Å². The Balaban J connectivity index is 1.66. The van der Waals surface area contributed by atoms with Gasteiger partial charge in [-0.2, -0.15) is 0 Å². The average Bonchev–Trinajstić information content (AvgIpc) is 2.64. The average molecular weight is 410 g/mol. The Morgan fingerprint density at radius 3 is 2.44 bits per heavy atom. The summed E-state index contributed by atoms with van der Waals surface area (Å²) in [6.45, 7) is 0.821. The van der Waals surface area contributed by atoms with Gasteiger partial charge in [-0.15, -0.1) is 0 Å². The normalized spacial score (nSPS) is 10.9. The van der Waals surface area contributed by atoms with Gasteiger partial charge in [0, 0.05) is 11.6 Å². The van der Waals surface area contributed by atoms with Crippen LogP contribution >= 0.6 is 23.2 Å². The molecule has 0 aliphatic rings. The summed E-state index contributed by atoms with van der Waals surface area (Å²) in [6, 6.07) is 10.2. The van der Waals surface area contributed by atoms with Crippen LogP contribution in [0.2, 0.25) is 10.0 Å². The highest BCUT2D eigenvalue weighted by molar-refractivity contribution is 6.38. The Morgan fingerprint density at radius 1 is 1.04 bits per heavy atom. The number of ether oxygens (including phenoxy) is 2. The predicted octanol–water partition coefficient (Wildman–Crippen LogP) is 4.13. The van der Waals surface area contributed by atoms with Crippen molar-refractivity contribution in [3.63, 3.8) is 0 Å². The zero-order valence-corrected chi connectivity index (χ0v) is 16.0. The van der Waals surface area contributed by atoms with Gasteiger partial charge in [0.1, 0.15) is 11.5 Å². The highest BCUT2D eigenvalue weighted by atomic mass is 35.5. The third-order valence-electron chi connectivity index (χ3n) is 4.02. The molecule has 0 bridgehead atoms. The first-order valence-electron chi connectivity index (χ1n) is 8.29. The minimum absolute atomic E-state index is 0.182. The van der Waals surface area contributed by atoms with Crippen molar-refractivity contribution in [2.24, 2.45) is 0 Å². The molecule has 27 heavy (non-hydrogen) atoms. The Kier molecular flexibility index (Phi) is 6.08. The van der Waals surface area contributed by atoms with Gasteiger partial charge in [0.05, 0.1) is 29.6 Å². The van der Waals surface area contributed by atoms with Gasteiger partial charge in [-0.3, -0.25) is 4.57 Å². The van der Waals surface area contributed by atoms with E-state index in [1.165, 1.54) is 16.7 Å². The van der Waals surface area contributed by atoms with Gasteiger partial charge >= 0.3 is 11.4 Å². The van der Waals surface area contributed by atoms with Gasteiger partial charge in [-0.1, -0.05) is 23.2 Å². The number of fused-ring (bicyclic) bond motifs is 1. The van der Waals surface area contributed by atoms with Crippen molar-refractivity contribution >= 4 is 34.1 Å². The minimum atomic E-state index is -0.751. The molecule has 0 fully saturated rings. The first-order chi connectivity index (χ1) is 13.0. The summed E-state index contributed by atoms with van der Waals surface area (Å²) in [5, 5.41) is 0.719. The van der Waals surface area contributed by atoms with Crippen molar-refractivity contribution in [1.82, 2.24) is 4.57 Å². The van der Waals surface area contributed by atoms with Crippen molar-refractivity contribution in [1.29, 1.82) is 0 Å². The molecule has 0 aliphatic heterocycles. The highest BCUT2D eigenvalue weighted by Crippen LogP contribution is 2.25. The second-order valence-corrected chi connectivity index (χ2v) is 6.67. The molecule has 0 N–H and O–H groups in total. The third kappa shape index (κ3) is 4.46. The van der Waals surface area contributed by atoms with Crippen LogP contribution in [0.25, 0.3) is 10.9 Å². The molecule has 2 aromatic carbocycles. The van der Waals surface area contributed by atoms with Crippen molar-refractivity contribution in [3.8, 4) is 11.5 Å². The van der Waals surface area contributed by atoms with Crippen molar-refractivity contribution < 1.29 is 13.9 Å². The molecule has 142 valence electrons. The van der Waals surface area contributed by atoms with Crippen LogP contribution in [-0.4, -0.2) is 18.3 Å². The van der Waals surface area contributed by atoms with Gasteiger partial charge < -0.3 is 13.9 Å². The molecule has 0 aliphatic carbocycles. The van der Waals surface area contributed by atoms with Crippen LogP contribution in [0.5, 0.6) is 11.5 Å². The lowest BCUT2D eigenvalue weighted by molar-refractivity contribution is 0.300. The summed E-state index contributed by atoms with van der Waals surface area (Å²) in [5.74, 6) is 0.755. The number of rotatable bonds is 7. The largest absolute Gasteiger partial charge is 0.497 e. The lowest BCUT2D eigenvalue weighted by Crippen LogP contribution is -2.25. The van der Waals surface area contributed by atoms with Crippen molar-refractivity contribution in [2.75, 3.05) is 13.7 Å². The van der Waals surface area contributed by atoms with E-state index in [0.717, 1.165) is 11.5 Å². The summed E-state index contributed by atoms with van der Waals surface area (Å²) < 4.78 is 16.9. The number of nitrogens with zero attached hydrogens (tertiary/aromatic N) is 1. The second-order valence-electron chi connectivity index (χ2n) is 5.82. The van der Waals surface area contributed by atoms with E-state index < -0.39 is 11.4 Å². The zero-order valence-electron chi connectivity index (χ0n) is 14.5. The lowest BCUT2D eigenvalue weighted by Gasteiger charge is -2.11. The highest BCUT2D eigenvalue weighted by Gasteiger charge is 2.13. The van der Waals surface area contributed by atoms with Gasteiger partial charge in [0.25, 0.3) is 0 Å². The Bertz CT molecular complexity index is 1060. The fourth-order valence-corrected chi connectivity index (χ4v) is 3.31. The first kappa shape index (κ1) is 19.3. The topological polar surface area (TPSA) is 70.7 Å². The van der Waals surface area contributed by atoms with Crippen LogP contribution in [0.15, 0.2) is 50.4 Å². The summed E-state index contributed by atoms with van der Waals surface area (Å²) in [4.78, 5) is 24.0. The molecule has 0 atom stereocenters. The molecule has 6 nitrogen and oxygen atoms in total. The smallest absolute Gasteiger partial charge is 0.422 e. The number of methoxy groups -OCH3 is 1. The number of benzene rings is 2. The fourth-order valence-electron chi connectivity index (χ4n) is 2.71. The SMILES string of the molecule is COc1ccc(OCCCCn2c(=O)oc(=O)c3cc(Cl)cc(Cl)c32)cc1. The van der Waals surface area contributed by atoms with E-state index in [-0.39, 0.29) is 10.4 Å². The van der Waals surface area contributed by atoms with E-state index >= 15 is 0 Å². The minimum Gasteiger partial charge on any atom is -0.497 e. The maximum atomic E-state index is 12.1. The molecule has 0 saturated carbocycles. The summed E-state index contributed by atoms with van der Waals surface area (Å²) in [5.41, 5.74) is -0.420. The molecule has 0 radical (unpaired) electrons. The quantitative estimate of drug-likeness (QED) is 0.548. The summed E-state index contributed by atoms with van der Waals surface area (Å²) >= 11 is 12.1. The lowest BCUT2D eigenvalue weighted by atomic mass is 10.2. The maximum Gasteiger partial charge on any atom is 0.422 e. The third-order valence-corrected chi connectivity index (χ3v) is 4.53. The number of hydrogen-bond acceptors (Lipinski definition) is 5. The fraction of sp³-hybridized carbons (Fsp3) is 0.263. The van der Waals surface area contributed by atoms with Crippen LogP contribution in [0, 0.1) is 0 Å². The number of halogens is 2. The van der Waals surface area contributed by atoms with E-state index in [4.69, 9.17) is 37.1 Å². The Labute approximate surface area is 164 Å². The molecule has 0 spiro atoms. The van der Waals surface area contributed by atoms with Gasteiger partial charge in [0.2, 0.25) is 0 Å². The molecule has 3 rings (SSSR count). The van der Waals surface area contributed by atoms with Crippen molar-refractivity contribution in [2.45, 2.75) is 19.4 Å². The van der Waals surface area contributed by atoms with E-state index in [1.807, 2.05) is 24.3 Å². The number of aromatic nitrogens is 1. The van der Waals surface area contributed by atoms with E-state index in [0.29, 0.717) is 36.5 Å². The molecule has 0 amide bonds. The summed E-state index contributed by atoms with van der Waals surface area (Å²) in [6.07, 6.45) is 1.34. The van der Waals surface area contributed by atoms with E-state index in [9.17, 15) is 9.59 Å². The van der Waals surface area contributed by atoms with Gasteiger partial charge in [0.15, 0.2) is 0 Å². The molecule has 1 aromatic heterocycles. The maximum absolute atomic E-state index is 12.1. The number of unbranched alkanes of at least 4 members (excludes halogenated alkanes) is 1. The molecule has 0 unspecified atom stereocenters. The second kappa shape index (κ2) is 8.50. The first-order valence-corrected chi connectivity index (χ1v) is 9.05. The number of hydrogen-bond donors (Lipinski definition) is 0. The van der Waals surface area contributed by atoms with E-state index in [1.54, 1.807) is 7.11 Å². The number of aryl methyl sites for hydroxylation is 1. The molecule has 1 heterocycles. The molecular formula is C19H17Cl2NO5. The molecular weight excluding hydrogens is 393 g/mol. The van der Waals surface area contributed by atoms with Crippen LogP contribution in [-0.2, 0) is 6.54 Å². The monoisotopic (exact) mass is 409 g/mol. The Morgan fingerprint density at radius 2 is 1.74 bits per heavy atom. The van der Waals surface area contributed by atoms with Gasteiger partial charge in [-0.25, -0.2) is 9.59 Å². The standard InChI is InChI=1S/C19H17Cl2NO5/c1-25-13-4-6-14(7-5-13)26-9-3-2-8-22-17-15(18(23)27-19(22)24)10-12(20)11-16(17)21/h4-7,10-11H,2-3,8-9H2,1H3. The zero-order chi connectivity index (χ0) is 19.4. The van der Waals surface area contributed by atoms with Crippen LogP contribution in [0.3, 0.4) is 0 Å². The van der Waals surface area contributed by atoms with Crippen LogP contribution in [0.1, 0.15) is 12.8 Å². The molecule has 0 saturated heterocycles. The molecule has 8 heteroatoms.